The van der Waals surface area contributed by atoms with Crippen molar-refractivity contribution in [3.8, 4) is 0 Å². The Kier molecular flexibility index (Phi) is 4.55. The zero-order chi connectivity index (χ0) is 13.8. The average Bonchev–Trinajstić information content (AvgIpc) is 2.59. The van der Waals surface area contributed by atoms with E-state index in [0.717, 1.165) is 50.4 Å². The minimum Gasteiger partial charge on any atom is -0.337 e. The van der Waals surface area contributed by atoms with Crippen LogP contribution in [0.3, 0.4) is 0 Å². The molecule has 2 heterocycles. The van der Waals surface area contributed by atoms with Gasteiger partial charge in [0.2, 0.25) is 0 Å². The first-order valence-electron chi connectivity index (χ1n) is 6.83. The highest BCUT2D eigenvalue weighted by molar-refractivity contribution is 5.95. The van der Waals surface area contributed by atoms with E-state index in [1.54, 1.807) is 10.9 Å². The molecule has 1 aromatic heterocycles. The Hall–Kier alpha value is -1.40. The molecule has 1 saturated heterocycles. The summed E-state index contributed by atoms with van der Waals surface area (Å²) < 4.78 is 1.70. The van der Waals surface area contributed by atoms with Gasteiger partial charge in [-0.2, -0.15) is 5.10 Å². The first-order chi connectivity index (χ1) is 9.11. The topological polar surface area (TPSA) is 67.4 Å². The monoisotopic (exact) mass is 265 g/mol. The fourth-order valence-corrected chi connectivity index (χ4v) is 2.56. The quantitative estimate of drug-likeness (QED) is 0.824. The van der Waals surface area contributed by atoms with Gasteiger partial charge < -0.3 is 15.5 Å². The SMILES string of the molecule is Cc1nn(C)cc1C(=O)N1CCCN(CCN)CC1. The normalized spacial score (nSPS) is 17.5. The number of rotatable bonds is 3. The van der Waals surface area contributed by atoms with Crippen molar-refractivity contribution < 1.29 is 4.79 Å². The van der Waals surface area contributed by atoms with Crippen LogP contribution >= 0.6 is 0 Å². The van der Waals surface area contributed by atoms with Gasteiger partial charge in [0, 0.05) is 46.0 Å². The second-order valence-electron chi connectivity index (χ2n) is 5.08. The van der Waals surface area contributed by atoms with Crippen molar-refractivity contribution >= 4 is 5.91 Å². The maximum Gasteiger partial charge on any atom is 0.257 e. The Balaban J connectivity index is 2.02. The summed E-state index contributed by atoms with van der Waals surface area (Å²) in [4.78, 5) is 16.7. The van der Waals surface area contributed by atoms with E-state index in [0.29, 0.717) is 6.54 Å². The molecular formula is C13H23N5O. The molecule has 106 valence electrons. The van der Waals surface area contributed by atoms with Gasteiger partial charge in [-0.15, -0.1) is 0 Å². The van der Waals surface area contributed by atoms with Crippen molar-refractivity contribution in [1.29, 1.82) is 0 Å². The first-order valence-corrected chi connectivity index (χ1v) is 6.83. The summed E-state index contributed by atoms with van der Waals surface area (Å²) >= 11 is 0. The third kappa shape index (κ3) is 3.33. The van der Waals surface area contributed by atoms with Gasteiger partial charge in [0.05, 0.1) is 11.3 Å². The van der Waals surface area contributed by atoms with Gasteiger partial charge in [0.15, 0.2) is 0 Å². The second-order valence-corrected chi connectivity index (χ2v) is 5.08. The van der Waals surface area contributed by atoms with Crippen LogP contribution in [0.4, 0.5) is 0 Å². The zero-order valence-corrected chi connectivity index (χ0v) is 11.8. The molecule has 0 aromatic carbocycles. The van der Waals surface area contributed by atoms with Gasteiger partial charge in [-0.3, -0.25) is 9.48 Å². The van der Waals surface area contributed by atoms with Gasteiger partial charge in [-0.25, -0.2) is 0 Å². The molecule has 1 aromatic rings. The van der Waals surface area contributed by atoms with Crippen LogP contribution in [-0.4, -0.2) is 64.8 Å². The van der Waals surface area contributed by atoms with E-state index in [1.165, 1.54) is 0 Å². The van der Waals surface area contributed by atoms with Crippen molar-refractivity contribution in [2.24, 2.45) is 12.8 Å². The molecule has 0 atom stereocenters. The van der Waals surface area contributed by atoms with E-state index in [1.807, 2.05) is 18.9 Å². The first kappa shape index (κ1) is 14.0. The molecule has 1 aliphatic heterocycles. The summed E-state index contributed by atoms with van der Waals surface area (Å²) in [5.41, 5.74) is 7.10. The molecule has 0 unspecified atom stereocenters. The maximum absolute atomic E-state index is 12.5. The molecule has 0 bridgehead atoms. The molecule has 2 rings (SSSR count). The maximum atomic E-state index is 12.5. The summed E-state index contributed by atoms with van der Waals surface area (Å²) in [6, 6.07) is 0. The number of nitrogens with zero attached hydrogens (tertiary/aromatic N) is 4. The van der Waals surface area contributed by atoms with Crippen LogP contribution in [-0.2, 0) is 7.05 Å². The van der Waals surface area contributed by atoms with Crippen molar-refractivity contribution in [1.82, 2.24) is 19.6 Å². The van der Waals surface area contributed by atoms with Crippen LogP contribution in [0, 0.1) is 6.92 Å². The number of carbonyl (C=O) groups excluding carboxylic acids is 1. The van der Waals surface area contributed by atoms with Crippen molar-refractivity contribution in [2.75, 3.05) is 39.3 Å². The molecule has 1 amide bonds. The molecule has 0 spiro atoms. The fraction of sp³-hybridized carbons (Fsp3) is 0.692. The number of aromatic nitrogens is 2. The van der Waals surface area contributed by atoms with E-state index >= 15 is 0 Å². The number of aryl methyl sites for hydroxylation is 2. The van der Waals surface area contributed by atoms with E-state index in [-0.39, 0.29) is 5.91 Å². The van der Waals surface area contributed by atoms with Gasteiger partial charge >= 0.3 is 0 Å². The molecule has 2 N–H and O–H groups in total. The molecule has 0 saturated carbocycles. The van der Waals surface area contributed by atoms with Crippen molar-refractivity contribution in [3.63, 3.8) is 0 Å². The third-order valence-corrected chi connectivity index (χ3v) is 3.56. The fourth-order valence-electron chi connectivity index (χ4n) is 2.56. The standard InChI is InChI=1S/C13H23N5O/c1-11-12(10-16(2)15-11)13(19)18-6-3-5-17(7-4-14)8-9-18/h10H,3-9,14H2,1-2H3. The lowest BCUT2D eigenvalue weighted by molar-refractivity contribution is 0.0761. The molecule has 1 fully saturated rings. The van der Waals surface area contributed by atoms with E-state index < -0.39 is 0 Å². The second kappa shape index (κ2) is 6.16. The summed E-state index contributed by atoms with van der Waals surface area (Å²) in [7, 11) is 1.84. The molecule has 6 heteroatoms. The van der Waals surface area contributed by atoms with Crippen LogP contribution < -0.4 is 5.73 Å². The molecule has 19 heavy (non-hydrogen) atoms. The minimum atomic E-state index is 0.0974. The highest BCUT2D eigenvalue weighted by atomic mass is 16.2. The van der Waals surface area contributed by atoms with E-state index in [9.17, 15) is 4.79 Å². The van der Waals surface area contributed by atoms with Crippen molar-refractivity contribution in [3.05, 3.63) is 17.5 Å². The zero-order valence-electron chi connectivity index (χ0n) is 11.8. The lowest BCUT2D eigenvalue weighted by atomic mass is 10.2. The highest BCUT2D eigenvalue weighted by Gasteiger charge is 2.22. The lowest BCUT2D eigenvalue weighted by Gasteiger charge is -2.21. The smallest absolute Gasteiger partial charge is 0.257 e. The summed E-state index contributed by atoms with van der Waals surface area (Å²) in [5.74, 6) is 0.0974. The predicted molar refractivity (Wildman–Crippen MR) is 74.0 cm³/mol. The van der Waals surface area contributed by atoms with Crippen LogP contribution in [0.5, 0.6) is 0 Å². The molecule has 1 aliphatic rings. The van der Waals surface area contributed by atoms with Gasteiger partial charge in [-0.1, -0.05) is 0 Å². The third-order valence-electron chi connectivity index (χ3n) is 3.56. The Morgan fingerprint density at radius 3 is 2.79 bits per heavy atom. The molecule has 0 radical (unpaired) electrons. The number of carbonyl (C=O) groups is 1. The van der Waals surface area contributed by atoms with E-state index in [4.69, 9.17) is 5.73 Å². The Morgan fingerprint density at radius 2 is 2.16 bits per heavy atom. The van der Waals surface area contributed by atoms with Crippen LogP contribution in [0.1, 0.15) is 22.5 Å². The number of amides is 1. The summed E-state index contributed by atoms with van der Waals surface area (Å²) in [6.07, 6.45) is 2.81. The molecule has 6 nitrogen and oxygen atoms in total. The van der Waals surface area contributed by atoms with E-state index in [2.05, 4.69) is 10.00 Å². The molecular weight excluding hydrogens is 242 g/mol. The lowest BCUT2D eigenvalue weighted by Crippen LogP contribution is -2.36. The number of nitrogens with two attached hydrogens (primary N) is 1. The van der Waals surface area contributed by atoms with Gasteiger partial charge in [0.1, 0.15) is 0 Å². The van der Waals surface area contributed by atoms with Gasteiger partial charge in [0.25, 0.3) is 5.91 Å². The Labute approximate surface area is 114 Å². The Bertz CT molecular complexity index is 442. The summed E-state index contributed by atoms with van der Waals surface area (Å²) in [5, 5.41) is 4.24. The minimum absolute atomic E-state index is 0.0974. The van der Waals surface area contributed by atoms with Crippen LogP contribution in [0.2, 0.25) is 0 Å². The van der Waals surface area contributed by atoms with Crippen LogP contribution in [0.15, 0.2) is 6.20 Å². The average molecular weight is 265 g/mol. The van der Waals surface area contributed by atoms with Crippen molar-refractivity contribution in [2.45, 2.75) is 13.3 Å². The number of hydrogen-bond acceptors (Lipinski definition) is 4. The largest absolute Gasteiger partial charge is 0.337 e. The van der Waals surface area contributed by atoms with Gasteiger partial charge in [-0.05, 0) is 19.9 Å². The number of hydrogen-bond donors (Lipinski definition) is 1. The Morgan fingerprint density at radius 1 is 1.37 bits per heavy atom. The predicted octanol–water partition coefficient (Wildman–Crippen LogP) is -0.165. The van der Waals surface area contributed by atoms with Crippen LogP contribution in [0.25, 0.3) is 0 Å². The summed E-state index contributed by atoms with van der Waals surface area (Å²) in [6.45, 7) is 6.98. The highest BCUT2D eigenvalue weighted by Crippen LogP contribution is 2.11. The molecule has 0 aliphatic carbocycles.